The number of nitrogens with two attached hydrogens (primary N) is 1. The van der Waals surface area contributed by atoms with Gasteiger partial charge in [-0.05, 0) is 41.6 Å². The number of fused-ring (bicyclic) bond motifs is 1. The number of hydrogen-bond donors (Lipinski definition) is 3. The minimum Gasteiger partial charge on any atom is -0.346 e. The molecule has 0 saturated carbocycles. The Kier molecular flexibility index (Phi) is 3.93. The summed E-state index contributed by atoms with van der Waals surface area (Å²) >= 11 is 0. The summed E-state index contributed by atoms with van der Waals surface area (Å²) < 4.78 is 0. The lowest BCUT2D eigenvalue weighted by atomic mass is 9.92. The van der Waals surface area contributed by atoms with Crippen LogP contribution in [0.25, 0.3) is 21.8 Å². The average Bonchev–Trinajstić information content (AvgIpc) is 3.35. The second-order valence-corrected chi connectivity index (χ2v) is 8.17. The number of anilines is 1. The number of nitrogens with zero attached hydrogens (tertiary/aromatic N) is 2. The molecule has 6 rings (SSSR count). The van der Waals surface area contributed by atoms with Crippen molar-refractivity contribution >= 4 is 45.2 Å². The zero-order valence-electron chi connectivity index (χ0n) is 17.0. The van der Waals surface area contributed by atoms with Crippen molar-refractivity contribution in [3.05, 3.63) is 71.5 Å². The molecule has 0 radical (unpaired) electrons. The van der Waals surface area contributed by atoms with Crippen molar-refractivity contribution in [2.75, 3.05) is 4.90 Å². The largest absolute Gasteiger partial charge is 0.346 e. The van der Waals surface area contributed by atoms with E-state index in [2.05, 4.69) is 15.3 Å². The highest BCUT2D eigenvalue weighted by molar-refractivity contribution is 6.27. The van der Waals surface area contributed by atoms with E-state index in [-0.39, 0.29) is 18.2 Å². The van der Waals surface area contributed by atoms with E-state index in [9.17, 15) is 14.4 Å². The second-order valence-electron chi connectivity index (χ2n) is 8.17. The molecule has 1 fully saturated rings. The van der Waals surface area contributed by atoms with Crippen molar-refractivity contribution in [3.8, 4) is 0 Å². The van der Waals surface area contributed by atoms with Crippen molar-refractivity contribution in [2.24, 2.45) is 5.73 Å². The van der Waals surface area contributed by atoms with Gasteiger partial charge in [0.2, 0.25) is 11.8 Å². The number of carbonyl (C=O) groups excluding carboxylic acids is 3. The second kappa shape index (κ2) is 6.73. The van der Waals surface area contributed by atoms with Gasteiger partial charge >= 0.3 is 0 Å². The standard InChI is InChI=1S/C24H19N5O3/c25-21(16-11-27-22-14(16)5-2-10-26-22)13-6-7-17-20-12(13)3-1-4-15(20)24(32)29(17)18-8-9-19(30)28-23(18)31/h1-7,10-11,18,21H,8-9,25H2,(H,26,27)(H,28,30,31). The van der Waals surface area contributed by atoms with Gasteiger partial charge in [0.1, 0.15) is 11.7 Å². The number of piperidine rings is 1. The quantitative estimate of drug-likeness (QED) is 0.436. The molecule has 2 aliphatic rings. The number of pyridine rings is 1. The molecule has 4 aromatic rings. The highest BCUT2D eigenvalue weighted by Gasteiger charge is 2.41. The SMILES string of the molecule is NC(c1c[nH]c2ncccc12)c1ccc2c3c(cccc13)C(=O)N2C1CCC(=O)NC1=O. The third kappa shape index (κ3) is 2.53. The maximum absolute atomic E-state index is 13.3. The zero-order valence-corrected chi connectivity index (χ0v) is 17.0. The fourth-order valence-corrected chi connectivity index (χ4v) is 4.94. The number of nitrogens with one attached hydrogen (secondary N) is 2. The topological polar surface area (TPSA) is 121 Å². The third-order valence-corrected chi connectivity index (χ3v) is 6.44. The molecule has 4 N–H and O–H groups in total. The van der Waals surface area contributed by atoms with Crippen LogP contribution < -0.4 is 16.0 Å². The molecule has 2 aliphatic heterocycles. The first-order valence-corrected chi connectivity index (χ1v) is 10.4. The van der Waals surface area contributed by atoms with Crippen molar-refractivity contribution in [1.29, 1.82) is 0 Å². The summed E-state index contributed by atoms with van der Waals surface area (Å²) in [7, 11) is 0. The smallest absolute Gasteiger partial charge is 0.259 e. The Balaban J connectivity index is 1.49. The maximum atomic E-state index is 13.3. The molecule has 8 nitrogen and oxygen atoms in total. The first-order valence-electron chi connectivity index (χ1n) is 10.4. The lowest BCUT2D eigenvalue weighted by Crippen LogP contribution is -2.53. The van der Waals surface area contributed by atoms with Gasteiger partial charge in [-0.3, -0.25) is 24.6 Å². The van der Waals surface area contributed by atoms with Crippen LogP contribution in [-0.4, -0.2) is 33.7 Å². The van der Waals surface area contributed by atoms with Gasteiger partial charge < -0.3 is 10.7 Å². The van der Waals surface area contributed by atoms with Crippen molar-refractivity contribution < 1.29 is 14.4 Å². The predicted octanol–water partition coefficient (Wildman–Crippen LogP) is 2.53. The van der Waals surface area contributed by atoms with E-state index in [4.69, 9.17) is 5.73 Å². The zero-order chi connectivity index (χ0) is 22.0. The summed E-state index contributed by atoms with van der Waals surface area (Å²) in [5, 5.41) is 4.95. The molecule has 8 heteroatoms. The van der Waals surface area contributed by atoms with E-state index >= 15 is 0 Å². The van der Waals surface area contributed by atoms with Crippen molar-refractivity contribution in [2.45, 2.75) is 24.9 Å². The molecule has 2 atom stereocenters. The highest BCUT2D eigenvalue weighted by atomic mass is 16.2. The number of carbonyl (C=O) groups is 3. The van der Waals surface area contributed by atoms with Crippen LogP contribution in [0, 0.1) is 0 Å². The third-order valence-electron chi connectivity index (χ3n) is 6.44. The van der Waals surface area contributed by atoms with Crippen LogP contribution in [0.3, 0.4) is 0 Å². The van der Waals surface area contributed by atoms with Gasteiger partial charge in [-0.2, -0.15) is 0 Å². The van der Waals surface area contributed by atoms with Gasteiger partial charge in [-0.15, -0.1) is 0 Å². The monoisotopic (exact) mass is 425 g/mol. The molecule has 4 heterocycles. The van der Waals surface area contributed by atoms with Gasteiger partial charge in [-0.25, -0.2) is 4.98 Å². The first-order chi connectivity index (χ1) is 15.5. The Morgan fingerprint density at radius 1 is 1.03 bits per heavy atom. The highest BCUT2D eigenvalue weighted by Crippen LogP contribution is 2.43. The molecule has 2 aromatic heterocycles. The number of aromatic nitrogens is 2. The Morgan fingerprint density at radius 3 is 2.72 bits per heavy atom. The number of benzene rings is 2. The Bertz CT molecular complexity index is 1460. The van der Waals surface area contributed by atoms with Gasteiger partial charge in [0.25, 0.3) is 5.91 Å². The molecule has 3 amide bonds. The molecule has 2 unspecified atom stereocenters. The minimum absolute atomic E-state index is 0.206. The van der Waals surface area contributed by atoms with E-state index in [1.165, 1.54) is 4.90 Å². The number of amides is 3. The molecule has 0 spiro atoms. The van der Waals surface area contributed by atoms with E-state index < -0.39 is 18.0 Å². The van der Waals surface area contributed by atoms with E-state index in [1.54, 1.807) is 12.3 Å². The fraction of sp³-hybridized carbons (Fsp3) is 0.167. The Morgan fingerprint density at radius 2 is 1.88 bits per heavy atom. The molecule has 2 aromatic carbocycles. The minimum atomic E-state index is -0.713. The van der Waals surface area contributed by atoms with Gasteiger partial charge in [0.05, 0.1) is 11.7 Å². The summed E-state index contributed by atoms with van der Waals surface area (Å²) in [5.41, 5.74) is 10.5. The fourth-order valence-electron chi connectivity index (χ4n) is 4.94. The summed E-state index contributed by atoms with van der Waals surface area (Å²) in [6, 6.07) is 12.0. The van der Waals surface area contributed by atoms with Gasteiger partial charge in [0, 0.05) is 40.7 Å². The predicted molar refractivity (Wildman–Crippen MR) is 119 cm³/mol. The number of imide groups is 1. The van der Waals surface area contributed by atoms with E-state index in [0.717, 1.165) is 32.9 Å². The molecule has 158 valence electrons. The molecular formula is C24H19N5O3. The lowest BCUT2D eigenvalue weighted by Gasteiger charge is -2.30. The number of hydrogen-bond acceptors (Lipinski definition) is 5. The van der Waals surface area contributed by atoms with Crippen molar-refractivity contribution in [3.63, 3.8) is 0 Å². The number of aromatic amines is 1. The lowest BCUT2D eigenvalue weighted by molar-refractivity contribution is -0.134. The van der Waals surface area contributed by atoms with E-state index in [1.807, 2.05) is 42.6 Å². The van der Waals surface area contributed by atoms with Gasteiger partial charge in [0.15, 0.2) is 0 Å². The molecule has 0 aliphatic carbocycles. The number of H-pyrrole nitrogens is 1. The van der Waals surface area contributed by atoms with Crippen LogP contribution in [0.5, 0.6) is 0 Å². The van der Waals surface area contributed by atoms with E-state index in [0.29, 0.717) is 17.7 Å². The van der Waals surface area contributed by atoms with Crippen LogP contribution in [0.4, 0.5) is 5.69 Å². The van der Waals surface area contributed by atoms with Crippen LogP contribution in [-0.2, 0) is 9.59 Å². The first kappa shape index (κ1) is 18.7. The summed E-state index contributed by atoms with van der Waals surface area (Å²) in [6.07, 6.45) is 4.10. The average molecular weight is 425 g/mol. The summed E-state index contributed by atoms with van der Waals surface area (Å²) in [5.74, 6) is -0.986. The van der Waals surface area contributed by atoms with Crippen molar-refractivity contribution in [1.82, 2.24) is 15.3 Å². The summed E-state index contributed by atoms with van der Waals surface area (Å²) in [6.45, 7) is 0. The maximum Gasteiger partial charge on any atom is 0.259 e. The van der Waals surface area contributed by atoms with Crippen LogP contribution in [0.1, 0.15) is 40.4 Å². The Labute approximate surface area is 182 Å². The van der Waals surface area contributed by atoms with Crippen LogP contribution in [0.2, 0.25) is 0 Å². The number of rotatable bonds is 3. The van der Waals surface area contributed by atoms with Crippen LogP contribution >= 0.6 is 0 Å². The summed E-state index contributed by atoms with van der Waals surface area (Å²) in [4.78, 5) is 46.4. The molecule has 0 bridgehead atoms. The molecule has 32 heavy (non-hydrogen) atoms. The normalized spacial score (nSPS) is 19.1. The molecule has 1 saturated heterocycles. The van der Waals surface area contributed by atoms with Gasteiger partial charge in [-0.1, -0.05) is 18.2 Å². The molecular weight excluding hydrogens is 406 g/mol. The Hall–Kier alpha value is -4.04. The van der Waals surface area contributed by atoms with Crippen LogP contribution in [0.15, 0.2) is 54.9 Å².